The van der Waals surface area contributed by atoms with E-state index in [2.05, 4.69) is 35.4 Å². The van der Waals surface area contributed by atoms with Crippen LogP contribution in [0, 0.1) is 5.41 Å². The van der Waals surface area contributed by atoms with Gasteiger partial charge in [-0.2, -0.15) is 0 Å². The Labute approximate surface area is 203 Å². The van der Waals surface area contributed by atoms with Crippen LogP contribution >= 0.6 is 0 Å². The van der Waals surface area contributed by atoms with Crippen molar-refractivity contribution in [3.63, 3.8) is 0 Å². The Morgan fingerprint density at radius 2 is 1.94 bits per heavy atom. The van der Waals surface area contributed by atoms with E-state index in [0.717, 1.165) is 32.4 Å². The SMILES string of the molecule is CNc1cc(-c2cnc(OC)c(NS(C)(=O)=O)c2)cc(-c2nnc(CN3CCNCC3)o2)c1C=N. The predicted molar refractivity (Wildman–Crippen MR) is 134 cm³/mol. The van der Waals surface area contributed by atoms with E-state index < -0.39 is 10.0 Å². The van der Waals surface area contributed by atoms with E-state index in [1.807, 2.05) is 12.1 Å². The molecule has 35 heavy (non-hydrogen) atoms. The second-order valence-electron chi connectivity index (χ2n) is 8.06. The Bertz CT molecular complexity index is 1320. The number of ether oxygens (including phenoxy) is 1. The Morgan fingerprint density at radius 3 is 2.60 bits per heavy atom. The van der Waals surface area contributed by atoms with Crippen molar-refractivity contribution < 1.29 is 17.6 Å². The molecule has 186 valence electrons. The summed E-state index contributed by atoms with van der Waals surface area (Å²) in [6.45, 7) is 4.18. The first-order valence-electron chi connectivity index (χ1n) is 11.0. The number of pyridine rings is 1. The maximum atomic E-state index is 11.8. The number of hydrogen-bond acceptors (Lipinski definition) is 11. The van der Waals surface area contributed by atoms with Gasteiger partial charge in [-0.1, -0.05) is 0 Å². The molecule has 0 saturated carbocycles. The summed E-state index contributed by atoms with van der Waals surface area (Å²) in [4.78, 5) is 6.49. The van der Waals surface area contributed by atoms with E-state index in [1.165, 1.54) is 13.3 Å². The number of anilines is 2. The molecule has 3 aromatic rings. The minimum atomic E-state index is -3.55. The molecule has 1 aliphatic rings. The van der Waals surface area contributed by atoms with Crippen LogP contribution in [0.25, 0.3) is 22.6 Å². The lowest BCUT2D eigenvalue weighted by Gasteiger charge is -2.25. The quantitative estimate of drug-likeness (QED) is 0.318. The van der Waals surface area contributed by atoms with Gasteiger partial charge >= 0.3 is 0 Å². The van der Waals surface area contributed by atoms with Crippen molar-refractivity contribution in [1.82, 2.24) is 25.4 Å². The molecule has 0 aliphatic carbocycles. The highest BCUT2D eigenvalue weighted by Crippen LogP contribution is 2.36. The van der Waals surface area contributed by atoms with Crippen LogP contribution in [0.5, 0.6) is 5.88 Å². The van der Waals surface area contributed by atoms with E-state index in [1.54, 1.807) is 19.3 Å². The van der Waals surface area contributed by atoms with Gasteiger partial charge in [-0.3, -0.25) is 9.62 Å². The van der Waals surface area contributed by atoms with Crippen LogP contribution in [-0.4, -0.2) is 81.3 Å². The van der Waals surface area contributed by atoms with Crippen LogP contribution in [0.1, 0.15) is 11.5 Å². The molecule has 1 saturated heterocycles. The Hall–Kier alpha value is -3.55. The van der Waals surface area contributed by atoms with Gasteiger partial charge in [-0.25, -0.2) is 13.4 Å². The third kappa shape index (κ3) is 5.75. The summed E-state index contributed by atoms with van der Waals surface area (Å²) in [6, 6.07) is 5.30. The molecule has 0 bridgehead atoms. The Balaban J connectivity index is 1.75. The molecular formula is C22H28N8O4S. The molecule has 13 heteroatoms. The van der Waals surface area contributed by atoms with Gasteiger partial charge in [0.15, 0.2) is 0 Å². The molecule has 3 heterocycles. The van der Waals surface area contributed by atoms with Gasteiger partial charge in [0.05, 0.1) is 25.5 Å². The third-order valence-electron chi connectivity index (χ3n) is 5.53. The van der Waals surface area contributed by atoms with Crippen molar-refractivity contribution in [2.24, 2.45) is 0 Å². The van der Waals surface area contributed by atoms with E-state index >= 15 is 0 Å². The number of benzene rings is 1. The smallest absolute Gasteiger partial charge is 0.248 e. The average molecular weight is 501 g/mol. The van der Waals surface area contributed by atoms with Crippen LogP contribution in [-0.2, 0) is 16.6 Å². The minimum absolute atomic E-state index is 0.152. The normalized spacial score (nSPS) is 14.5. The average Bonchev–Trinajstić information content (AvgIpc) is 3.31. The molecule has 0 atom stereocenters. The maximum absolute atomic E-state index is 11.8. The summed E-state index contributed by atoms with van der Waals surface area (Å²) < 4.78 is 37.3. The highest BCUT2D eigenvalue weighted by molar-refractivity contribution is 7.92. The molecule has 0 spiro atoms. The number of piperazine rings is 1. The predicted octanol–water partition coefficient (Wildman–Crippen LogP) is 1.62. The fourth-order valence-corrected chi connectivity index (χ4v) is 4.44. The molecule has 1 fully saturated rings. The molecule has 4 N–H and O–H groups in total. The summed E-state index contributed by atoms with van der Waals surface area (Å²) in [5.41, 5.74) is 3.39. The third-order valence-corrected chi connectivity index (χ3v) is 6.12. The van der Waals surface area contributed by atoms with Crippen LogP contribution in [0.2, 0.25) is 0 Å². The number of aromatic nitrogens is 3. The molecule has 1 aliphatic heterocycles. The van der Waals surface area contributed by atoms with E-state index in [9.17, 15) is 8.42 Å². The first-order chi connectivity index (χ1) is 16.8. The minimum Gasteiger partial charge on any atom is -0.480 e. The topological polar surface area (TPSA) is 158 Å². The van der Waals surface area contributed by atoms with Crippen molar-refractivity contribution in [3.8, 4) is 28.5 Å². The highest BCUT2D eigenvalue weighted by Gasteiger charge is 2.20. The van der Waals surface area contributed by atoms with Crippen LogP contribution in [0.15, 0.2) is 28.8 Å². The standard InChI is InChI=1S/C22H28N8O4S/c1-24-18-9-14(15-10-19(29-35(3,31)32)22(33-2)26-12-15)8-16(17(18)11-23)21-28-27-20(34-21)13-30-6-4-25-5-7-30/h8-12,23-25,29H,4-7,13H2,1-3H3. The van der Waals surface area contributed by atoms with E-state index in [0.29, 0.717) is 46.3 Å². The molecule has 1 aromatic carbocycles. The van der Waals surface area contributed by atoms with Gasteiger partial charge in [0, 0.05) is 62.5 Å². The Morgan fingerprint density at radius 1 is 1.20 bits per heavy atom. The lowest BCUT2D eigenvalue weighted by molar-refractivity contribution is 0.213. The molecule has 12 nitrogen and oxygen atoms in total. The fourth-order valence-electron chi connectivity index (χ4n) is 3.89. The number of hydrogen-bond donors (Lipinski definition) is 4. The van der Waals surface area contributed by atoms with Crippen LogP contribution in [0.4, 0.5) is 11.4 Å². The molecule has 0 amide bonds. The number of rotatable bonds is 9. The number of nitrogens with one attached hydrogen (secondary N) is 4. The van der Waals surface area contributed by atoms with Crippen molar-refractivity contribution >= 4 is 27.6 Å². The first-order valence-corrected chi connectivity index (χ1v) is 12.8. The van der Waals surface area contributed by atoms with Gasteiger partial charge < -0.3 is 25.2 Å². The zero-order chi connectivity index (χ0) is 25.0. The summed E-state index contributed by atoms with van der Waals surface area (Å²) >= 11 is 0. The summed E-state index contributed by atoms with van der Waals surface area (Å²) in [6.07, 6.45) is 3.87. The van der Waals surface area contributed by atoms with Gasteiger partial charge in [0.1, 0.15) is 5.69 Å². The number of nitrogens with zero attached hydrogens (tertiary/aromatic N) is 4. The van der Waals surface area contributed by atoms with Crippen molar-refractivity contribution in [2.75, 3.05) is 56.6 Å². The van der Waals surface area contributed by atoms with E-state index in [4.69, 9.17) is 14.6 Å². The molecule has 4 rings (SSSR count). The fraction of sp³-hybridized carbons (Fsp3) is 0.364. The monoisotopic (exact) mass is 500 g/mol. The van der Waals surface area contributed by atoms with Crippen molar-refractivity contribution in [2.45, 2.75) is 6.54 Å². The second kappa shape index (κ2) is 10.4. The van der Waals surface area contributed by atoms with Crippen LogP contribution < -0.4 is 20.1 Å². The number of methoxy groups -OCH3 is 1. The molecular weight excluding hydrogens is 472 g/mol. The number of sulfonamides is 1. The maximum Gasteiger partial charge on any atom is 0.248 e. The van der Waals surface area contributed by atoms with Gasteiger partial charge in [0.2, 0.25) is 27.7 Å². The molecule has 2 aromatic heterocycles. The van der Waals surface area contributed by atoms with Gasteiger partial charge in [0.25, 0.3) is 0 Å². The van der Waals surface area contributed by atoms with Crippen molar-refractivity contribution in [3.05, 3.63) is 35.9 Å². The Kier molecular flexibility index (Phi) is 7.28. The zero-order valence-electron chi connectivity index (χ0n) is 19.8. The second-order valence-corrected chi connectivity index (χ2v) is 9.81. The van der Waals surface area contributed by atoms with Crippen LogP contribution in [0.3, 0.4) is 0 Å². The van der Waals surface area contributed by atoms with Gasteiger partial charge in [-0.05, 0) is 23.8 Å². The first kappa shape index (κ1) is 24.6. The highest BCUT2D eigenvalue weighted by atomic mass is 32.2. The molecule has 0 radical (unpaired) electrons. The van der Waals surface area contributed by atoms with Gasteiger partial charge in [-0.15, -0.1) is 10.2 Å². The lowest BCUT2D eigenvalue weighted by Crippen LogP contribution is -2.42. The van der Waals surface area contributed by atoms with E-state index in [-0.39, 0.29) is 11.6 Å². The summed E-state index contributed by atoms with van der Waals surface area (Å²) in [5, 5.41) is 22.9. The lowest BCUT2D eigenvalue weighted by atomic mass is 9.98. The molecule has 0 unspecified atom stereocenters. The largest absolute Gasteiger partial charge is 0.480 e. The van der Waals surface area contributed by atoms with Crippen molar-refractivity contribution in [1.29, 1.82) is 5.41 Å². The summed E-state index contributed by atoms with van der Waals surface area (Å²) in [7, 11) is -0.378. The summed E-state index contributed by atoms with van der Waals surface area (Å²) in [5.74, 6) is 0.946. The zero-order valence-corrected chi connectivity index (χ0v) is 20.6.